The summed E-state index contributed by atoms with van der Waals surface area (Å²) in [5.41, 5.74) is 6.78. The van der Waals surface area contributed by atoms with Gasteiger partial charge in [-0.1, -0.05) is 5.16 Å². The predicted octanol–water partition coefficient (Wildman–Crippen LogP) is 1.67. The van der Waals surface area contributed by atoms with Gasteiger partial charge in [-0.25, -0.2) is 4.98 Å². The first-order chi connectivity index (χ1) is 8.69. The van der Waals surface area contributed by atoms with Crippen molar-refractivity contribution in [2.24, 2.45) is 10.9 Å². The molecule has 18 heavy (non-hydrogen) atoms. The third-order valence-corrected chi connectivity index (χ3v) is 2.19. The first-order valence-corrected chi connectivity index (χ1v) is 5.23. The highest BCUT2D eigenvalue weighted by Gasteiger charge is 2.06. The van der Waals surface area contributed by atoms with Gasteiger partial charge in [-0.05, 0) is 25.1 Å². The number of hydrogen-bond acceptors (Lipinski definition) is 5. The molecule has 2 heterocycles. The Kier molecular flexibility index (Phi) is 3.38. The molecule has 0 radical (unpaired) electrons. The summed E-state index contributed by atoms with van der Waals surface area (Å²) < 4.78 is 5.53. The predicted molar refractivity (Wildman–Crippen MR) is 65.8 cm³/mol. The second kappa shape index (κ2) is 5.13. The van der Waals surface area contributed by atoms with Crippen LogP contribution in [0.15, 0.2) is 41.8 Å². The van der Waals surface area contributed by atoms with Crippen LogP contribution in [0.2, 0.25) is 0 Å². The van der Waals surface area contributed by atoms with Gasteiger partial charge in [0.05, 0.1) is 6.20 Å². The Labute approximate surface area is 104 Å². The van der Waals surface area contributed by atoms with E-state index in [0.717, 1.165) is 0 Å². The smallest absolute Gasteiger partial charge is 0.220 e. The van der Waals surface area contributed by atoms with Gasteiger partial charge in [-0.2, -0.15) is 0 Å². The molecule has 0 bridgehead atoms. The maximum absolute atomic E-state index is 8.65. The van der Waals surface area contributed by atoms with Gasteiger partial charge in [-0.15, -0.1) is 0 Å². The van der Waals surface area contributed by atoms with Crippen LogP contribution in [0.4, 0.5) is 0 Å². The normalized spacial score (nSPS) is 11.3. The summed E-state index contributed by atoms with van der Waals surface area (Å²) in [5, 5.41) is 11.6. The number of nitrogens with two attached hydrogens (primary N) is 1. The molecule has 0 spiro atoms. The van der Waals surface area contributed by atoms with Crippen LogP contribution >= 0.6 is 0 Å². The molecule has 0 aliphatic rings. The van der Waals surface area contributed by atoms with Crippen LogP contribution in [-0.2, 0) is 0 Å². The molecule has 0 unspecified atom stereocenters. The highest BCUT2D eigenvalue weighted by atomic mass is 16.5. The first kappa shape index (κ1) is 11.8. The SMILES string of the molecule is Cc1cc(/C(N)=N/O)cc(Oc2cccnc2)n1. The van der Waals surface area contributed by atoms with Crippen molar-refractivity contribution in [3.05, 3.63) is 47.9 Å². The summed E-state index contributed by atoms with van der Waals surface area (Å²) in [6.45, 7) is 1.80. The van der Waals surface area contributed by atoms with Gasteiger partial charge in [0, 0.05) is 23.5 Å². The Morgan fingerprint density at radius 3 is 2.94 bits per heavy atom. The Morgan fingerprint density at radius 1 is 1.44 bits per heavy atom. The molecule has 2 aromatic heterocycles. The number of hydrogen-bond donors (Lipinski definition) is 2. The fourth-order valence-corrected chi connectivity index (χ4v) is 1.42. The van der Waals surface area contributed by atoms with Crippen LogP contribution in [0, 0.1) is 6.92 Å². The van der Waals surface area contributed by atoms with E-state index in [-0.39, 0.29) is 5.84 Å². The number of aryl methyl sites for hydroxylation is 1. The fourth-order valence-electron chi connectivity index (χ4n) is 1.42. The third kappa shape index (κ3) is 2.73. The molecular formula is C12H12N4O2. The van der Waals surface area contributed by atoms with E-state index in [1.165, 1.54) is 0 Å². The molecule has 0 fully saturated rings. The number of amidine groups is 1. The van der Waals surface area contributed by atoms with Crippen LogP contribution in [0.3, 0.4) is 0 Å². The topological polar surface area (TPSA) is 93.6 Å². The average Bonchev–Trinajstić information content (AvgIpc) is 2.38. The molecule has 2 aromatic rings. The fraction of sp³-hybridized carbons (Fsp3) is 0.0833. The monoisotopic (exact) mass is 244 g/mol. The molecule has 0 aliphatic heterocycles. The zero-order valence-corrected chi connectivity index (χ0v) is 9.74. The number of rotatable bonds is 3. The Bertz CT molecular complexity index is 570. The Hall–Kier alpha value is -2.63. The van der Waals surface area contributed by atoms with E-state index < -0.39 is 0 Å². The highest BCUT2D eigenvalue weighted by Crippen LogP contribution is 2.19. The molecule has 2 rings (SSSR count). The van der Waals surface area contributed by atoms with Crippen molar-refractivity contribution in [2.45, 2.75) is 6.92 Å². The molecular weight excluding hydrogens is 232 g/mol. The van der Waals surface area contributed by atoms with Gasteiger partial charge in [-0.3, -0.25) is 4.98 Å². The average molecular weight is 244 g/mol. The van der Waals surface area contributed by atoms with E-state index in [0.29, 0.717) is 22.9 Å². The van der Waals surface area contributed by atoms with Gasteiger partial charge >= 0.3 is 0 Å². The van der Waals surface area contributed by atoms with Crippen molar-refractivity contribution < 1.29 is 9.94 Å². The van der Waals surface area contributed by atoms with Gasteiger partial charge in [0.25, 0.3) is 0 Å². The van der Waals surface area contributed by atoms with E-state index in [1.807, 2.05) is 0 Å². The number of oxime groups is 1. The van der Waals surface area contributed by atoms with Crippen LogP contribution in [0.1, 0.15) is 11.3 Å². The lowest BCUT2D eigenvalue weighted by atomic mass is 10.2. The van der Waals surface area contributed by atoms with Crippen LogP contribution in [0.5, 0.6) is 11.6 Å². The number of pyridine rings is 2. The molecule has 0 aromatic carbocycles. The molecule has 6 nitrogen and oxygen atoms in total. The minimum absolute atomic E-state index is 0.0107. The highest BCUT2D eigenvalue weighted by molar-refractivity contribution is 5.97. The van der Waals surface area contributed by atoms with Crippen molar-refractivity contribution in [1.29, 1.82) is 0 Å². The van der Waals surface area contributed by atoms with Crippen LogP contribution in [0.25, 0.3) is 0 Å². The molecule has 0 saturated carbocycles. The zero-order chi connectivity index (χ0) is 13.0. The first-order valence-electron chi connectivity index (χ1n) is 5.23. The largest absolute Gasteiger partial charge is 0.437 e. The third-order valence-electron chi connectivity index (χ3n) is 2.19. The molecule has 0 saturated heterocycles. The molecule has 92 valence electrons. The summed E-state index contributed by atoms with van der Waals surface area (Å²) in [5.74, 6) is 0.946. The minimum Gasteiger partial charge on any atom is -0.437 e. The lowest BCUT2D eigenvalue weighted by Crippen LogP contribution is -2.13. The van der Waals surface area contributed by atoms with Crippen molar-refractivity contribution in [1.82, 2.24) is 9.97 Å². The van der Waals surface area contributed by atoms with E-state index in [2.05, 4.69) is 15.1 Å². The zero-order valence-electron chi connectivity index (χ0n) is 9.74. The van der Waals surface area contributed by atoms with Gasteiger partial charge < -0.3 is 15.7 Å². The Morgan fingerprint density at radius 2 is 2.28 bits per heavy atom. The van der Waals surface area contributed by atoms with Gasteiger partial charge in [0.1, 0.15) is 5.75 Å². The van der Waals surface area contributed by atoms with Gasteiger partial charge in [0.15, 0.2) is 5.84 Å². The van der Waals surface area contributed by atoms with Crippen molar-refractivity contribution in [2.75, 3.05) is 0 Å². The minimum atomic E-state index is 0.0107. The van der Waals surface area contributed by atoms with E-state index in [4.69, 9.17) is 15.7 Å². The standard InChI is InChI=1S/C12H12N4O2/c1-8-5-9(12(13)16-17)6-11(15-8)18-10-3-2-4-14-7-10/h2-7,17H,1H3,(H2,13,16). The lowest BCUT2D eigenvalue weighted by molar-refractivity contribution is 0.318. The molecule has 3 N–H and O–H groups in total. The molecule has 0 atom stereocenters. The Balaban J connectivity index is 2.31. The summed E-state index contributed by atoms with van der Waals surface area (Å²) in [6.07, 6.45) is 3.23. The molecule has 0 amide bonds. The van der Waals surface area contributed by atoms with E-state index in [1.54, 1.807) is 43.6 Å². The quantitative estimate of drug-likeness (QED) is 0.371. The second-order valence-electron chi connectivity index (χ2n) is 3.61. The maximum atomic E-state index is 8.65. The van der Waals surface area contributed by atoms with Crippen molar-refractivity contribution in [3.63, 3.8) is 0 Å². The molecule has 6 heteroatoms. The summed E-state index contributed by atoms with van der Waals surface area (Å²) in [7, 11) is 0. The van der Waals surface area contributed by atoms with Gasteiger partial charge in [0.2, 0.25) is 5.88 Å². The number of nitrogens with zero attached hydrogens (tertiary/aromatic N) is 3. The summed E-state index contributed by atoms with van der Waals surface area (Å²) in [6, 6.07) is 6.82. The number of aromatic nitrogens is 2. The summed E-state index contributed by atoms with van der Waals surface area (Å²) in [4.78, 5) is 8.14. The van der Waals surface area contributed by atoms with E-state index >= 15 is 0 Å². The second-order valence-corrected chi connectivity index (χ2v) is 3.61. The van der Waals surface area contributed by atoms with Crippen LogP contribution in [-0.4, -0.2) is 21.0 Å². The number of ether oxygens (including phenoxy) is 1. The lowest BCUT2D eigenvalue weighted by Gasteiger charge is -2.07. The van der Waals surface area contributed by atoms with Crippen LogP contribution < -0.4 is 10.5 Å². The molecule has 0 aliphatic carbocycles. The van der Waals surface area contributed by atoms with Crippen molar-refractivity contribution >= 4 is 5.84 Å². The summed E-state index contributed by atoms with van der Waals surface area (Å²) >= 11 is 0. The maximum Gasteiger partial charge on any atom is 0.220 e. The van der Waals surface area contributed by atoms with Crippen molar-refractivity contribution in [3.8, 4) is 11.6 Å². The van der Waals surface area contributed by atoms with E-state index in [9.17, 15) is 0 Å².